The second-order valence-corrected chi connectivity index (χ2v) is 8.00. The highest BCUT2D eigenvalue weighted by atomic mass is 79.9. The molecule has 1 amide bonds. The molecule has 0 atom stereocenters. The summed E-state index contributed by atoms with van der Waals surface area (Å²) < 4.78 is 7.36. The van der Waals surface area contributed by atoms with Gasteiger partial charge < -0.3 is 4.74 Å². The lowest BCUT2D eigenvalue weighted by atomic mass is 10.2. The molecule has 1 N–H and O–H groups in total. The van der Waals surface area contributed by atoms with Gasteiger partial charge in [-0.1, -0.05) is 52.4 Å². The van der Waals surface area contributed by atoms with Crippen molar-refractivity contribution in [3.8, 4) is 5.75 Å². The summed E-state index contributed by atoms with van der Waals surface area (Å²) in [4.78, 5) is 11.9. The number of aromatic nitrogens is 2. The maximum Gasteiger partial charge on any atom is 0.264 e. The predicted octanol–water partition coefficient (Wildman–Crippen LogP) is 4.52. The fourth-order valence-electron chi connectivity index (χ4n) is 1.63. The molecule has 0 radical (unpaired) electrons. The van der Waals surface area contributed by atoms with Gasteiger partial charge >= 0.3 is 0 Å². The third kappa shape index (κ3) is 6.12. The van der Waals surface area contributed by atoms with E-state index in [4.69, 9.17) is 4.74 Å². The third-order valence-corrected chi connectivity index (χ3v) is 5.82. The van der Waals surface area contributed by atoms with Crippen LogP contribution in [0.4, 0.5) is 5.13 Å². The van der Waals surface area contributed by atoms with Crippen LogP contribution in [-0.4, -0.2) is 28.5 Å². The Hall–Kier alpha value is -1.12. The van der Waals surface area contributed by atoms with E-state index in [0.717, 1.165) is 33.0 Å². The topological polar surface area (TPSA) is 64.1 Å². The molecule has 0 aliphatic heterocycles. The van der Waals surface area contributed by atoms with E-state index in [-0.39, 0.29) is 12.5 Å². The number of rotatable bonds is 8. The molecule has 1 aromatic carbocycles. The molecule has 0 fully saturated rings. The van der Waals surface area contributed by atoms with Crippen molar-refractivity contribution >= 4 is 50.1 Å². The summed E-state index contributed by atoms with van der Waals surface area (Å²) >= 11 is 6.48. The van der Waals surface area contributed by atoms with Crippen LogP contribution in [0.1, 0.15) is 25.3 Å². The van der Waals surface area contributed by atoms with E-state index in [1.807, 2.05) is 25.1 Å². The zero-order valence-electron chi connectivity index (χ0n) is 13.0. The van der Waals surface area contributed by atoms with Crippen molar-refractivity contribution in [1.82, 2.24) is 10.2 Å². The minimum Gasteiger partial charge on any atom is -0.484 e. The number of ether oxygens (including phenoxy) is 1. The van der Waals surface area contributed by atoms with Gasteiger partial charge in [-0.3, -0.25) is 10.1 Å². The second-order valence-electron chi connectivity index (χ2n) is 4.82. The van der Waals surface area contributed by atoms with Crippen LogP contribution in [0.25, 0.3) is 0 Å². The van der Waals surface area contributed by atoms with Gasteiger partial charge in [0.2, 0.25) is 5.13 Å². The number of thioether (sulfide) groups is 1. The molecule has 124 valence electrons. The lowest BCUT2D eigenvalue weighted by molar-refractivity contribution is -0.118. The van der Waals surface area contributed by atoms with Crippen molar-refractivity contribution in [3.63, 3.8) is 0 Å². The molecule has 1 heterocycles. The van der Waals surface area contributed by atoms with Crippen molar-refractivity contribution in [2.24, 2.45) is 0 Å². The molecular formula is C15H18BrN3O2S2. The number of hydrogen-bond acceptors (Lipinski definition) is 6. The minimum absolute atomic E-state index is 0.0566. The van der Waals surface area contributed by atoms with Crippen molar-refractivity contribution in [2.45, 2.75) is 31.0 Å². The zero-order valence-corrected chi connectivity index (χ0v) is 16.2. The molecule has 0 aliphatic carbocycles. The van der Waals surface area contributed by atoms with Crippen molar-refractivity contribution in [3.05, 3.63) is 28.2 Å². The van der Waals surface area contributed by atoms with Crippen LogP contribution < -0.4 is 10.1 Å². The van der Waals surface area contributed by atoms with Gasteiger partial charge in [-0.2, -0.15) is 0 Å². The molecule has 0 unspecified atom stereocenters. The Kier molecular flexibility index (Phi) is 7.32. The number of aryl methyl sites for hydroxylation is 1. The number of hydrogen-bond donors (Lipinski definition) is 1. The number of anilines is 1. The molecule has 0 aliphatic rings. The van der Waals surface area contributed by atoms with E-state index in [9.17, 15) is 4.79 Å². The van der Waals surface area contributed by atoms with Gasteiger partial charge in [-0.25, -0.2) is 0 Å². The second kappa shape index (κ2) is 9.24. The quantitative estimate of drug-likeness (QED) is 0.390. The van der Waals surface area contributed by atoms with Crippen LogP contribution in [0.5, 0.6) is 5.75 Å². The van der Waals surface area contributed by atoms with Gasteiger partial charge in [-0.15, -0.1) is 10.2 Å². The number of unbranched alkanes of at least 4 members (excludes halogenated alkanes) is 1. The summed E-state index contributed by atoms with van der Waals surface area (Å²) in [5, 5.41) is 11.2. The Balaban J connectivity index is 1.79. The summed E-state index contributed by atoms with van der Waals surface area (Å²) in [6.07, 6.45) is 2.30. The van der Waals surface area contributed by atoms with E-state index in [2.05, 4.69) is 38.4 Å². The van der Waals surface area contributed by atoms with E-state index in [1.165, 1.54) is 11.3 Å². The highest BCUT2D eigenvalue weighted by Crippen LogP contribution is 2.26. The first-order valence-corrected chi connectivity index (χ1v) is 9.83. The van der Waals surface area contributed by atoms with Crippen LogP contribution in [-0.2, 0) is 4.79 Å². The fourth-order valence-corrected chi connectivity index (χ4v) is 3.80. The maximum atomic E-state index is 11.9. The molecule has 0 saturated heterocycles. The van der Waals surface area contributed by atoms with Crippen molar-refractivity contribution < 1.29 is 9.53 Å². The number of carbonyl (C=O) groups excluding carboxylic acids is 1. The predicted molar refractivity (Wildman–Crippen MR) is 98.5 cm³/mol. The standard InChI is InChI=1S/C15H18BrN3O2S2/c1-3-4-7-22-15-19-18-14(23-15)17-13(20)9-21-11-5-6-12(16)10(2)8-11/h5-6,8H,3-4,7,9H2,1-2H3,(H,17,18,20). The summed E-state index contributed by atoms with van der Waals surface area (Å²) in [5.41, 5.74) is 1.06. The average Bonchev–Trinajstić information content (AvgIpc) is 2.96. The lowest BCUT2D eigenvalue weighted by Crippen LogP contribution is -2.20. The normalized spacial score (nSPS) is 10.6. The molecule has 0 saturated carbocycles. The van der Waals surface area contributed by atoms with Crippen LogP contribution >= 0.6 is 39.0 Å². The fraction of sp³-hybridized carbons (Fsp3) is 0.400. The molecule has 2 aromatic rings. The number of halogens is 1. The van der Waals surface area contributed by atoms with Crippen molar-refractivity contribution in [1.29, 1.82) is 0 Å². The summed E-state index contributed by atoms with van der Waals surface area (Å²) in [6, 6.07) is 5.59. The van der Waals surface area contributed by atoms with Gasteiger partial charge in [0.25, 0.3) is 5.91 Å². The molecular weight excluding hydrogens is 398 g/mol. The lowest BCUT2D eigenvalue weighted by Gasteiger charge is -2.07. The smallest absolute Gasteiger partial charge is 0.264 e. The van der Waals surface area contributed by atoms with Gasteiger partial charge in [0.15, 0.2) is 10.9 Å². The Morgan fingerprint density at radius 3 is 3.00 bits per heavy atom. The molecule has 8 heteroatoms. The molecule has 0 bridgehead atoms. The van der Waals surface area contributed by atoms with Crippen LogP contribution in [0, 0.1) is 6.92 Å². The molecule has 23 heavy (non-hydrogen) atoms. The summed E-state index contributed by atoms with van der Waals surface area (Å²) in [5.74, 6) is 1.44. The van der Waals surface area contributed by atoms with Gasteiger partial charge in [0.1, 0.15) is 5.75 Å². The van der Waals surface area contributed by atoms with E-state index < -0.39 is 0 Å². The number of benzene rings is 1. The maximum absolute atomic E-state index is 11.9. The molecule has 5 nitrogen and oxygen atoms in total. The Bertz CT molecular complexity index is 664. The highest BCUT2D eigenvalue weighted by Gasteiger charge is 2.09. The number of nitrogens with one attached hydrogen (secondary N) is 1. The SMILES string of the molecule is CCCCSc1nnc(NC(=O)COc2ccc(Br)c(C)c2)s1. The Morgan fingerprint density at radius 2 is 2.26 bits per heavy atom. The number of carbonyl (C=O) groups is 1. The third-order valence-electron chi connectivity index (χ3n) is 2.88. The van der Waals surface area contributed by atoms with Gasteiger partial charge in [0.05, 0.1) is 0 Å². The summed E-state index contributed by atoms with van der Waals surface area (Å²) in [6.45, 7) is 4.06. The van der Waals surface area contributed by atoms with Crippen LogP contribution in [0.15, 0.2) is 27.0 Å². The first-order chi connectivity index (χ1) is 11.1. The van der Waals surface area contributed by atoms with E-state index in [0.29, 0.717) is 10.9 Å². The Labute approximate surface area is 152 Å². The average molecular weight is 416 g/mol. The number of amides is 1. The molecule has 1 aromatic heterocycles. The van der Waals surface area contributed by atoms with Crippen LogP contribution in [0.3, 0.4) is 0 Å². The largest absolute Gasteiger partial charge is 0.484 e. The van der Waals surface area contributed by atoms with E-state index >= 15 is 0 Å². The van der Waals surface area contributed by atoms with Gasteiger partial charge in [0, 0.05) is 10.2 Å². The van der Waals surface area contributed by atoms with E-state index in [1.54, 1.807) is 11.8 Å². The monoisotopic (exact) mass is 415 g/mol. The van der Waals surface area contributed by atoms with Crippen LogP contribution in [0.2, 0.25) is 0 Å². The van der Waals surface area contributed by atoms with Crippen molar-refractivity contribution in [2.75, 3.05) is 17.7 Å². The Morgan fingerprint density at radius 1 is 1.43 bits per heavy atom. The first-order valence-electron chi connectivity index (χ1n) is 7.23. The minimum atomic E-state index is -0.244. The van der Waals surface area contributed by atoms with Gasteiger partial charge in [-0.05, 0) is 37.1 Å². The summed E-state index contributed by atoms with van der Waals surface area (Å²) in [7, 11) is 0. The highest BCUT2D eigenvalue weighted by molar-refractivity contribution is 9.10. The number of nitrogens with zero attached hydrogens (tertiary/aromatic N) is 2. The zero-order chi connectivity index (χ0) is 16.7. The molecule has 0 spiro atoms. The molecule has 2 rings (SSSR count). The first kappa shape index (κ1) is 18.2.